The Morgan fingerprint density at radius 1 is 1.29 bits per heavy atom. The highest BCUT2D eigenvalue weighted by atomic mass is 32.2. The van der Waals surface area contributed by atoms with Crippen LogP contribution in [0.2, 0.25) is 0 Å². The minimum atomic E-state index is -3.43. The second-order valence-electron chi connectivity index (χ2n) is 4.68. The lowest BCUT2D eigenvalue weighted by Gasteiger charge is -2.11. The summed E-state index contributed by atoms with van der Waals surface area (Å²) in [6.07, 6.45) is 2.57. The zero-order valence-corrected chi connectivity index (χ0v) is 12.8. The number of nitro benzene ring substituents is 1. The van der Waals surface area contributed by atoms with Gasteiger partial charge in [-0.15, -0.1) is 0 Å². The second-order valence-corrected chi connectivity index (χ2v) is 6.28. The molecule has 1 unspecified atom stereocenters. The summed E-state index contributed by atoms with van der Waals surface area (Å²) in [6.45, 7) is 2.01. The molecule has 0 amide bonds. The van der Waals surface area contributed by atoms with Crippen LogP contribution in [0.25, 0.3) is 0 Å². The summed E-state index contributed by atoms with van der Waals surface area (Å²) in [5, 5.41) is 10.8. The number of hydrogen-bond acceptors (Lipinski definition) is 6. The van der Waals surface area contributed by atoms with Crippen molar-refractivity contribution in [1.29, 1.82) is 0 Å². The van der Waals surface area contributed by atoms with Crippen LogP contribution in [0.15, 0.2) is 24.3 Å². The van der Waals surface area contributed by atoms with E-state index in [0.717, 1.165) is 6.26 Å². The van der Waals surface area contributed by atoms with Crippen LogP contribution < -0.4 is 4.74 Å². The van der Waals surface area contributed by atoms with Gasteiger partial charge in [0.05, 0.1) is 23.9 Å². The van der Waals surface area contributed by atoms with E-state index in [0.29, 0.717) is 25.9 Å². The third-order valence-electron chi connectivity index (χ3n) is 2.66. The van der Waals surface area contributed by atoms with Crippen LogP contribution in [-0.4, -0.2) is 32.3 Å². The predicted molar refractivity (Wildman–Crippen MR) is 77.8 cm³/mol. The SMILES string of the molecule is CC(CCCCOc1ccccc1[N+](=O)[O-])OS(C)(=O)=O. The first-order chi connectivity index (χ1) is 9.79. The predicted octanol–water partition coefficient (Wildman–Crippen LogP) is 2.51. The lowest BCUT2D eigenvalue weighted by atomic mass is 10.2. The molecule has 0 aliphatic rings. The van der Waals surface area contributed by atoms with Gasteiger partial charge < -0.3 is 4.74 Å². The molecule has 0 fully saturated rings. The molecule has 1 aromatic carbocycles. The highest BCUT2D eigenvalue weighted by Crippen LogP contribution is 2.25. The lowest BCUT2D eigenvalue weighted by molar-refractivity contribution is -0.385. The average Bonchev–Trinajstić information content (AvgIpc) is 2.36. The Balaban J connectivity index is 2.31. The van der Waals surface area contributed by atoms with Crippen molar-refractivity contribution in [2.75, 3.05) is 12.9 Å². The molecule has 118 valence electrons. The van der Waals surface area contributed by atoms with Crippen LogP contribution in [0.4, 0.5) is 5.69 Å². The first-order valence-corrected chi connectivity index (χ1v) is 8.35. The van der Waals surface area contributed by atoms with E-state index >= 15 is 0 Å². The molecule has 0 heterocycles. The molecule has 0 saturated heterocycles. The van der Waals surface area contributed by atoms with E-state index in [1.165, 1.54) is 6.07 Å². The van der Waals surface area contributed by atoms with E-state index in [2.05, 4.69) is 0 Å². The molecule has 1 aromatic rings. The number of hydrogen-bond donors (Lipinski definition) is 0. The first-order valence-electron chi connectivity index (χ1n) is 6.54. The van der Waals surface area contributed by atoms with Gasteiger partial charge in [-0.2, -0.15) is 8.42 Å². The van der Waals surface area contributed by atoms with Crippen LogP contribution in [0.3, 0.4) is 0 Å². The van der Waals surface area contributed by atoms with Gasteiger partial charge in [-0.05, 0) is 32.3 Å². The maximum absolute atomic E-state index is 10.9. The Morgan fingerprint density at radius 2 is 1.95 bits per heavy atom. The summed E-state index contributed by atoms with van der Waals surface area (Å²) in [5.41, 5.74) is -0.0636. The monoisotopic (exact) mass is 317 g/mol. The van der Waals surface area contributed by atoms with Gasteiger partial charge in [0, 0.05) is 6.07 Å². The maximum atomic E-state index is 10.9. The molecule has 21 heavy (non-hydrogen) atoms. The minimum Gasteiger partial charge on any atom is -0.487 e. The molecule has 0 spiro atoms. The van der Waals surface area contributed by atoms with E-state index in [4.69, 9.17) is 8.92 Å². The van der Waals surface area contributed by atoms with Crippen LogP contribution in [0, 0.1) is 10.1 Å². The fourth-order valence-corrected chi connectivity index (χ4v) is 2.49. The van der Waals surface area contributed by atoms with Crippen LogP contribution >= 0.6 is 0 Å². The smallest absolute Gasteiger partial charge is 0.310 e. The maximum Gasteiger partial charge on any atom is 0.310 e. The number of ether oxygens (including phenoxy) is 1. The summed E-state index contributed by atoms with van der Waals surface area (Å²) in [4.78, 5) is 10.3. The van der Waals surface area contributed by atoms with E-state index in [1.807, 2.05) is 0 Å². The van der Waals surface area contributed by atoms with Crippen molar-refractivity contribution in [3.8, 4) is 5.75 Å². The molecule has 0 bridgehead atoms. The normalized spacial score (nSPS) is 12.9. The van der Waals surface area contributed by atoms with Crippen molar-refractivity contribution in [1.82, 2.24) is 0 Å². The number of rotatable bonds is 9. The zero-order valence-electron chi connectivity index (χ0n) is 12.0. The van der Waals surface area contributed by atoms with Gasteiger partial charge in [-0.25, -0.2) is 0 Å². The molecule has 1 rings (SSSR count). The molecule has 7 nitrogen and oxygen atoms in total. The number of nitrogens with zero attached hydrogens (tertiary/aromatic N) is 1. The summed E-state index contributed by atoms with van der Waals surface area (Å²) >= 11 is 0. The van der Waals surface area contributed by atoms with Gasteiger partial charge in [0.15, 0.2) is 5.75 Å². The number of para-hydroxylation sites is 2. The molecule has 0 aliphatic carbocycles. The Hall–Kier alpha value is -1.67. The molecule has 0 radical (unpaired) electrons. The molecule has 1 atom stereocenters. The summed E-state index contributed by atoms with van der Waals surface area (Å²) < 4.78 is 32.0. The highest BCUT2D eigenvalue weighted by Gasteiger charge is 2.13. The van der Waals surface area contributed by atoms with Gasteiger partial charge in [-0.3, -0.25) is 14.3 Å². The Morgan fingerprint density at radius 3 is 2.57 bits per heavy atom. The molecule has 0 aliphatic heterocycles. The van der Waals surface area contributed by atoms with E-state index in [9.17, 15) is 18.5 Å². The topological polar surface area (TPSA) is 95.7 Å². The summed E-state index contributed by atoms with van der Waals surface area (Å²) in [6, 6.07) is 6.18. The van der Waals surface area contributed by atoms with Crippen LogP contribution in [-0.2, 0) is 14.3 Å². The van der Waals surface area contributed by atoms with Crippen molar-refractivity contribution < 1.29 is 22.3 Å². The van der Waals surface area contributed by atoms with Gasteiger partial charge in [0.1, 0.15) is 0 Å². The number of nitro groups is 1. The van der Waals surface area contributed by atoms with Crippen molar-refractivity contribution in [3.63, 3.8) is 0 Å². The first kappa shape index (κ1) is 17.4. The fourth-order valence-electron chi connectivity index (χ4n) is 1.79. The number of benzene rings is 1. The molecular weight excluding hydrogens is 298 g/mol. The van der Waals surface area contributed by atoms with Gasteiger partial charge >= 0.3 is 5.69 Å². The Kier molecular flexibility index (Phi) is 6.57. The van der Waals surface area contributed by atoms with Crippen LogP contribution in [0.5, 0.6) is 5.75 Å². The second kappa shape index (κ2) is 7.94. The van der Waals surface area contributed by atoms with E-state index < -0.39 is 15.0 Å². The van der Waals surface area contributed by atoms with Crippen molar-refractivity contribution in [2.45, 2.75) is 32.3 Å². The fraction of sp³-hybridized carbons (Fsp3) is 0.538. The summed E-state index contributed by atoms with van der Waals surface area (Å²) in [7, 11) is -3.43. The molecule has 0 N–H and O–H groups in total. The van der Waals surface area contributed by atoms with Crippen LogP contribution in [0.1, 0.15) is 26.2 Å². The average molecular weight is 317 g/mol. The third kappa shape index (κ3) is 7.05. The van der Waals surface area contributed by atoms with Crippen molar-refractivity contribution in [3.05, 3.63) is 34.4 Å². The van der Waals surface area contributed by atoms with Crippen molar-refractivity contribution in [2.24, 2.45) is 0 Å². The Bertz CT molecular complexity index is 572. The molecule has 8 heteroatoms. The zero-order chi connectivity index (χ0) is 15.9. The van der Waals surface area contributed by atoms with Gasteiger partial charge in [0.25, 0.3) is 10.1 Å². The van der Waals surface area contributed by atoms with E-state index in [1.54, 1.807) is 25.1 Å². The molecule has 0 aromatic heterocycles. The quantitative estimate of drug-likeness (QED) is 0.300. The summed E-state index contributed by atoms with van der Waals surface area (Å²) in [5.74, 6) is 0.239. The van der Waals surface area contributed by atoms with Gasteiger partial charge in [0.2, 0.25) is 0 Å². The number of unbranched alkanes of at least 4 members (excludes halogenated alkanes) is 1. The van der Waals surface area contributed by atoms with Crippen molar-refractivity contribution >= 4 is 15.8 Å². The molecule has 0 saturated carbocycles. The minimum absolute atomic E-state index is 0.0636. The Labute approximate surface area is 124 Å². The molecular formula is C13H19NO6S. The lowest BCUT2D eigenvalue weighted by Crippen LogP contribution is -2.14. The standard InChI is InChI=1S/C13H19NO6S/c1-11(20-21(2,17)18)7-5-6-10-19-13-9-4-3-8-12(13)14(15)16/h3-4,8-9,11H,5-7,10H2,1-2H3. The largest absolute Gasteiger partial charge is 0.487 e. The third-order valence-corrected chi connectivity index (χ3v) is 3.34. The van der Waals surface area contributed by atoms with E-state index in [-0.39, 0.29) is 17.5 Å². The highest BCUT2D eigenvalue weighted by molar-refractivity contribution is 7.86. The van der Waals surface area contributed by atoms with Gasteiger partial charge in [-0.1, -0.05) is 12.1 Å².